The maximum Gasteiger partial charge on any atom is 0.573 e. The number of halogens is 3. The Labute approximate surface area is 125 Å². The van der Waals surface area contributed by atoms with E-state index in [1.165, 1.54) is 12.1 Å². The first-order chi connectivity index (χ1) is 10.5. The van der Waals surface area contributed by atoms with Crippen molar-refractivity contribution in [1.29, 1.82) is 0 Å². The van der Waals surface area contributed by atoms with Crippen molar-refractivity contribution in [3.63, 3.8) is 0 Å². The number of rotatable bonds is 2. The summed E-state index contributed by atoms with van der Waals surface area (Å²) in [6, 6.07) is 11.3. The quantitative estimate of drug-likeness (QED) is 0.837. The maximum absolute atomic E-state index is 12.1. The van der Waals surface area contributed by atoms with E-state index in [0.717, 1.165) is 22.4 Å². The van der Waals surface area contributed by atoms with Gasteiger partial charge in [0, 0.05) is 11.8 Å². The Morgan fingerprint density at radius 3 is 2.45 bits per heavy atom. The molecule has 0 saturated carbocycles. The van der Waals surface area contributed by atoms with Gasteiger partial charge < -0.3 is 9.47 Å². The van der Waals surface area contributed by atoms with Crippen LogP contribution in [-0.2, 0) is 0 Å². The number of alkyl halides is 3. The van der Waals surface area contributed by atoms with Crippen LogP contribution in [0, 0.1) is 0 Å². The van der Waals surface area contributed by atoms with Gasteiger partial charge >= 0.3 is 6.36 Å². The highest BCUT2D eigenvalue weighted by Gasteiger charge is 2.30. The van der Waals surface area contributed by atoms with Gasteiger partial charge in [0.1, 0.15) is 18.1 Å². The second kappa shape index (κ2) is 5.71. The number of hydrogen-bond donors (Lipinski definition) is 0. The van der Waals surface area contributed by atoms with Gasteiger partial charge in [-0.1, -0.05) is 18.2 Å². The van der Waals surface area contributed by atoms with Crippen LogP contribution < -0.4 is 9.47 Å². The average molecular weight is 307 g/mol. The van der Waals surface area contributed by atoms with Crippen molar-refractivity contribution in [3.05, 3.63) is 48.0 Å². The number of nitrogens with zero attached hydrogens (tertiary/aromatic N) is 1. The van der Waals surface area contributed by atoms with E-state index in [1.54, 1.807) is 18.3 Å². The van der Waals surface area contributed by atoms with Crippen LogP contribution in [0.1, 0.15) is 5.56 Å². The van der Waals surface area contributed by atoms with Crippen LogP contribution in [0.5, 0.6) is 11.5 Å². The molecule has 114 valence electrons. The minimum atomic E-state index is -4.68. The molecule has 0 aromatic heterocycles. The van der Waals surface area contributed by atoms with Crippen LogP contribution in [0.2, 0.25) is 0 Å². The van der Waals surface area contributed by atoms with E-state index in [-0.39, 0.29) is 5.75 Å². The molecule has 0 amide bonds. The normalized spacial score (nSPS) is 14.0. The third kappa shape index (κ3) is 3.39. The molecule has 0 radical (unpaired) electrons. The SMILES string of the molecule is FC(F)(F)Oc1ccc(-c2ccc3c(c2)C=NCCO3)cc1. The van der Waals surface area contributed by atoms with Crippen LogP contribution >= 0.6 is 0 Å². The van der Waals surface area contributed by atoms with Crippen LogP contribution in [-0.4, -0.2) is 25.7 Å². The summed E-state index contributed by atoms with van der Waals surface area (Å²) in [6.07, 6.45) is -2.94. The molecule has 6 heteroatoms. The summed E-state index contributed by atoms with van der Waals surface area (Å²) in [5, 5.41) is 0. The van der Waals surface area contributed by atoms with Crippen molar-refractivity contribution in [3.8, 4) is 22.6 Å². The van der Waals surface area contributed by atoms with Gasteiger partial charge in [-0.25, -0.2) is 0 Å². The van der Waals surface area contributed by atoms with Gasteiger partial charge in [-0.2, -0.15) is 0 Å². The number of ether oxygens (including phenoxy) is 2. The summed E-state index contributed by atoms with van der Waals surface area (Å²) in [7, 11) is 0. The second-order valence-corrected chi connectivity index (χ2v) is 4.71. The summed E-state index contributed by atoms with van der Waals surface area (Å²) in [5.41, 5.74) is 2.51. The molecule has 1 aliphatic heterocycles. The molecular formula is C16H12F3NO2. The summed E-state index contributed by atoms with van der Waals surface area (Å²) in [4.78, 5) is 4.21. The number of hydrogen-bond acceptors (Lipinski definition) is 3. The van der Waals surface area contributed by atoms with E-state index in [2.05, 4.69) is 9.73 Å². The third-order valence-corrected chi connectivity index (χ3v) is 3.14. The second-order valence-electron chi connectivity index (χ2n) is 4.71. The van der Waals surface area contributed by atoms with Gasteiger partial charge in [0.15, 0.2) is 0 Å². The molecule has 22 heavy (non-hydrogen) atoms. The van der Waals surface area contributed by atoms with Crippen molar-refractivity contribution in [2.75, 3.05) is 13.2 Å². The monoisotopic (exact) mass is 307 g/mol. The molecule has 0 saturated heterocycles. The predicted octanol–water partition coefficient (Wildman–Crippen LogP) is 4.06. The Kier molecular flexibility index (Phi) is 3.75. The first kappa shape index (κ1) is 14.4. The summed E-state index contributed by atoms with van der Waals surface area (Å²) < 4.78 is 45.8. The Morgan fingerprint density at radius 1 is 1.00 bits per heavy atom. The van der Waals surface area contributed by atoms with E-state index in [9.17, 15) is 13.2 Å². The summed E-state index contributed by atoms with van der Waals surface area (Å²) in [5.74, 6) is 0.512. The van der Waals surface area contributed by atoms with Gasteiger partial charge in [-0.15, -0.1) is 13.2 Å². The van der Waals surface area contributed by atoms with E-state index < -0.39 is 6.36 Å². The fourth-order valence-electron chi connectivity index (χ4n) is 2.18. The molecular weight excluding hydrogens is 295 g/mol. The van der Waals surface area contributed by atoms with E-state index in [1.807, 2.05) is 18.2 Å². The average Bonchev–Trinajstić information content (AvgIpc) is 2.71. The molecule has 2 aromatic carbocycles. The van der Waals surface area contributed by atoms with Crippen molar-refractivity contribution in [2.45, 2.75) is 6.36 Å². The molecule has 3 rings (SSSR count). The highest BCUT2D eigenvalue weighted by atomic mass is 19.4. The molecule has 0 unspecified atom stereocenters. The Hall–Kier alpha value is -2.50. The third-order valence-electron chi connectivity index (χ3n) is 3.14. The minimum Gasteiger partial charge on any atom is -0.491 e. The molecule has 0 atom stereocenters. The van der Waals surface area contributed by atoms with Crippen LogP contribution in [0.3, 0.4) is 0 Å². The van der Waals surface area contributed by atoms with Gasteiger partial charge in [-0.3, -0.25) is 4.99 Å². The Bertz CT molecular complexity index is 694. The predicted molar refractivity (Wildman–Crippen MR) is 76.5 cm³/mol. The molecule has 0 aliphatic carbocycles. The molecule has 0 bridgehead atoms. The first-order valence-corrected chi connectivity index (χ1v) is 6.64. The molecule has 0 N–H and O–H groups in total. The standard InChI is InChI=1S/C16H12F3NO2/c17-16(18,19)22-14-4-1-11(2-5-14)12-3-6-15-13(9-12)10-20-7-8-21-15/h1-6,9-10H,7-8H2. The Balaban J connectivity index is 1.86. The van der Waals surface area contributed by atoms with Crippen molar-refractivity contribution < 1.29 is 22.6 Å². The maximum atomic E-state index is 12.1. The van der Waals surface area contributed by atoms with Crippen molar-refractivity contribution in [2.24, 2.45) is 4.99 Å². The molecule has 1 aliphatic rings. The lowest BCUT2D eigenvalue weighted by molar-refractivity contribution is -0.274. The molecule has 2 aromatic rings. The smallest absolute Gasteiger partial charge is 0.491 e. The van der Waals surface area contributed by atoms with E-state index in [4.69, 9.17) is 4.74 Å². The topological polar surface area (TPSA) is 30.8 Å². The molecule has 1 heterocycles. The zero-order valence-corrected chi connectivity index (χ0v) is 11.4. The van der Waals surface area contributed by atoms with Crippen LogP contribution in [0.4, 0.5) is 13.2 Å². The molecule has 3 nitrogen and oxygen atoms in total. The van der Waals surface area contributed by atoms with Crippen molar-refractivity contribution >= 4 is 6.21 Å². The van der Waals surface area contributed by atoms with E-state index >= 15 is 0 Å². The Morgan fingerprint density at radius 2 is 1.73 bits per heavy atom. The lowest BCUT2D eigenvalue weighted by Gasteiger charge is -2.10. The van der Waals surface area contributed by atoms with Crippen LogP contribution in [0.25, 0.3) is 11.1 Å². The van der Waals surface area contributed by atoms with Gasteiger partial charge in [0.25, 0.3) is 0 Å². The van der Waals surface area contributed by atoms with E-state index in [0.29, 0.717) is 13.2 Å². The molecule has 0 spiro atoms. The minimum absolute atomic E-state index is 0.240. The highest BCUT2D eigenvalue weighted by molar-refractivity contribution is 5.86. The lowest BCUT2D eigenvalue weighted by atomic mass is 10.0. The first-order valence-electron chi connectivity index (χ1n) is 6.64. The number of fused-ring (bicyclic) bond motifs is 1. The van der Waals surface area contributed by atoms with Crippen molar-refractivity contribution in [1.82, 2.24) is 0 Å². The van der Waals surface area contributed by atoms with Gasteiger partial charge in [-0.05, 0) is 35.4 Å². The summed E-state index contributed by atoms with van der Waals surface area (Å²) in [6.45, 7) is 1.14. The fourth-order valence-corrected chi connectivity index (χ4v) is 2.18. The van der Waals surface area contributed by atoms with Gasteiger partial charge in [0.2, 0.25) is 0 Å². The van der Waals surface area contributed by atoms with Gasteiger partial charge in [0.05, 0.1) is 6.54 Å². The number of aliphatic imine (C=N–C) groups is 1. The zero-order chi connectivity index (χ0) is 15.6. The fraction of sp³-hybridized carbons (Fsp3) is 0.188. The lowest BCUT2D eigenvalue weighted by Crippen LogP contribution is -2.16. The highest BCUT2D eigenvalue weighted by Crippen LogP contribution is 2.29. The largest absolute Gasteiger partial charge is 0.573 e. The number of benzene rings is 2. The zero-order valence-electron chi connectivity index (χ0n) is 11.4. The summed E-state index contributed by atoms with van der Waals surface area (Å²) >= 11 is 0. The van der Waals surface area contributed by atoms with Crippen LogP contribution in [0.15, 0.2) is 47.5 Å². The molecule has 0 fully saturated rings.